The smallest absolute Gasteiger partial charge is 0.224 e. The maximum Gasteiger partial charge on any atom is 0.224 e. The van der Waals surface area contributed by atoms with Gasteiger partial charge in [-0.15, -0.1) is 0 Å². The highest BCUT2D eigenvalue weighted by Crippen LogP contribution is 2.41. The summed E-state index contributed by atoms with van der Waals surface area (Å²) in [6, 6.07) is 10.3. The van der Waals surface area contributed by atoms with Gasteiger partial charge in [-0.05, 0) is 17.4 Å². The number of nitrogens with one attached hydrogen (secondary N) is 2. The first-order chi connectivity index (χ1) is 7.84. The molecule has 3 rings (SSSR count). The second-order valence-electron chi connectivity index (χ2n) is 4.74. The first-order valence-electron chi connectivity index (χ1n) is 5.88. The van der Waals surface area contributed by atoms with Crippen molar-refractivity contribution in [2.24, 2.45) is 11.8 Å². The molecule has 1 aliphatic carbocycles. The second kappa shape index (κ2) is 3.91. The molecule has 2 atom stereocenters. The number of rotatable bonds is 3. The van der Waals surface area contributed by atoms with Crippen LogP contribution in [0.4, 0.5) is 0 Å². The summed E-state index contributed by atoms with van der Waals surface area (Å²) in [5, 5.41) is 6.45. The van der Waals surface area contributed by atoms with E-state index in [9.17, 15) is 4.79 Å². The normalized spacial score (nSPS) is 30.9. The molecule has 2 N–H and O–H groups in total. The first-order valence-corrected chi connectivity index (χ1v) is 5.88. The lowest BCUT2D eigenvalue weighted by Crippen LogP contribution is -2.33. The van der Waals surface area contributed by atoms with Gasteiger partial charge in [-0.1, -0.05) is 30.3 Å². The average Bonchev–Trinajstić information content (AvgIpc) is 2.76. The molecule has 0 bridgehead atoms. The van der Waals surface area contributed by atoms with Gasteiger partial charge in [0, 0.05) is 19.1 Å². The summed E-state index contributed by atoms with van der Waals surface area (Å²) in [4.78, 5) is 11.8. The topological polar surface area (TPSA) is 41.1 Å². The van der Waals surface area contributed by atoms with Gasteiger partial charge in [0.15, 0.2) is 0 Å². The van der Waals surface area contributed by atoms with Crippen molar-refractivity contribution >= 4 is 5.91 Å². The van der Waals surface area contributed by atoms with E-state index in [1.165, 1.54) is 0 Å². The van der Waals surface area contributed by atoms with Gasteiger partial charge in [-0.3, -0.25) is 4.79 Å². The van der Waals surface area contributed by atoms with E-state index in [-0.39, 0.29) is 5.91 Å². The minimum absolute atomic E-state index is 0.158. The molecule has 0 aromatic heterocycles. The molecule has 1 amide bonds. The molecule has 1 aliphatic heterocycles. The summed E-state index contributed by atoms with van der Waals surface area (Å²) in [7, 11) is 0. The maximum absolute atomic E-state index is 11.8. The first kappa shape index (κ1) is 9.85. The zero-order valence-corrected chi connectivity index (χ0v) is 9.15. The van der Waals surface area contributed by atoms with E-state index in [1.54, 1.807) is 0 Å². The Morgan fingerprint density at radius 3 is 2.62 bits per heavy atom. The van der Waals surface area contributed by atoms with Crippen molar-refractivity contribution in [3.63, 3.8) is 0 Å². The summed E-state index contributed by atoms with van der Waals surface area (Å²) in [5.74, 6) is 1.55. The lowest BCUT2D eigenvalue weighted by molar-refractivity contribution is -0.120. The van der Waals surface area contributed by atoms with E-state index < -0.39 is 0 Å². The van der Waals surface area contributed by atoms with Crippen molar-refractivity contribution < 1.29 is 4.79 Å². The van der Waals surface area contributed by atoms with Crippen LogP contribution >= 0.6 is 0 Å². The van der Waals surface area contributed by atoms with Crippen molar-refractivity contribution in [3.8, 4) is 0 Å². The van der Waals surface area contributed by atoms with Crippen LogP contribution in [0.25, 0.3) is 0 Å². The van der Waals surface area contributed by atoms with Gasteiger partial charge in [-0.2, -0.15) is 0 Å². The largest absolute Gasteiger partial charge is 0.352 e. The Balaban J connectivity index is 1.51. The van der Waals surface area contributed by atoms with Crippen LogP contribution in [-0.4, -0.2) is 25.0 Å². The van der Waals surface area contributed by atoms with Crippen LogP contribution in [0, 0.1) is 11.8 Å². The standard InChI is InChI=1S/C13H16N2O/c16-12(6-9-4-2-1-3-5-9)15-13-10-7-14-8-11(10)13/h1-5,10-11,13-14H,6-8H2,(H,15,16). The highest BCUT2D eigenvalue weighted by molar-refractivity contribution is 5.79. The Labute approximate surface area is 95.2 Å². The van der Waals surface area contributed by atoms with Crippen LogP contribution in [0.1, 0.15) is 5.56 Å². The fourth-order valence-corrected chi connectivity index (χ4v) is 2.65. The van der Waals surface area contributed by atoms with Crippen LogP contribution in [0.15, 0.2) is 30.3 Å². The summed E-state index contributed by atoms with van der Waals surface area (Å²) >= 11 is 0. The average molecular weight is 216 g/mol. The van der Waals surface area contributed by atoms with Gasteiger partial charge in [0.25, 0.3) is 0 Å². The van der Waals surface area contributed by atoms with Gasteiger partial charge in [-0.25, -0.2) is 0 Å². The molecule has 0 radical (unpaired) electrons. The van der Waals surface area contributed by atoms with E-state index in [0.29, 0.717) is 24.3 Å². The quantitative estimate of drug-likeness (QED) is 0.775. The summed E-state index contributed by atoms with van der Waals surface area (Å²) in [6.45, 7) is 2.14. The lowest BCUT2D eigenvalue weighted by atomic mass is 10.1. The molecule has 1 heterocycles. The van der Waals surface area contributed by atoms with E-state index >= 15 is 0 Å². The number of benzene rings is 1. The third kappa shape index (κ3) is 1.83. The molecule has 1 aromatic carbocycles. The molecule has 2 aliphatic rings. The van der Waals surface area contributed by atoms with Crippen molar-refractivity contribution in [2.45, 2.75) is 12.5 Å². The van der Waals surface area contributed by atoms with Crippen LogP contribution in [0.5, 0.6) is 0 Å². The van der Waals surface area contributed by atoms with Crippen LogP contribution in [-0.2, 0) is 11.2 Å². The molecule has 84 valence electrons. The maximum atomic E-state index is 11.8. The molecule has 1 saturated heterocycles. The molecule has 3 heteroatoms. The Bertz CT molecular complexity index is 380. The zero-order chi connectivity index (χ0) is 11.0. The molecule has 1 saturated carbocycles. The van der Waals surface area contributed by atoms with Crippen molar-refractivity contribution in [2.75, 3.05) is 13.1 Å². The molecular weight excluding hydrogens is 200 g/mol. The lowest BCUT2D eigenvalue weighted by Gasteiger charge is -2.07. The van der Waals surface area contributed by atoms with Crippen molar-refractivity contribution in [1.29, 1.82) is 0 Å². The third-order valence-electron chi connectivity index (χ3n) is 3.63. The number of carbonyl (C=O) groups is 1. The minimum Gasteiger partial charge on any atom is -0.352 e. The fourth-order valence-electron chi connectivity index (χ4n) is 2.65. The molecular formula is C13H16N2O. The van der Waals surface area contributed by atoms with Crippen LogP contribution in [0.3, 0.4) is 0 Å². The molecule has 1 aromatic rings. The summed E-state index contributed by atoms with van der Waals surface area (Å²) in [6.07, 6.45) is 0.504. The van der Waals surface area contributed by atoms with Crippen molar-refractivity contribution in [3.05, 3.63) is 35.9 Å². The predicted molar refractivity (Wildman–Crippen MR) is 61.9 cm³/mol. The second-order valence-corrected chi connectivity index (χ2v) is 4.74. The van der Waals surface area contributed by atoms with Gasteiger partial charge in [0.1, 0.15) is 0 Å². The Hall–Kier alpha value is -1.35. The fraction of sp³-hybridized carbons (Fsp3) is 0.462. The Kier molecular flexibility index (Phi) is 2.40. The van der Waals surface area contributed by atoms with E-state index in [2.05, 4.69) is 10.6 Å². The number of carbonyl (C=O) groups excluding carboxylic acids is 1. The number of hydrogen-bond donors (Lipinski definition) is 2. The molecule has 0 spiro atoms. The minimum atomic E-state index is 0.158. The van der Waals surface area contributed by atoms with Gasteiger partial charge >= 0.3 is 0 Å². The van der Waals surface area contributed by atoms with Crippen LogP contribution in [0.2, 0.25) is 0 Å². The van der Waals surface area contributed by atoms with Crippen LogP contribution < -0.4 is 10.6 Å². The summed E-state index contributed by atoms with van der Waals surface area (Å²) < 4.78 is 0. The Morgan fingerprint density at radius 2 is 1.94 bits per heavy atom. The molecule has 2 fully saturated rings. The van der Waals surface area contributed by atoms with E-state index in [4.69, 9.17) is 0 Å². The monoisotopic (exact) mass is 216 g/mol. The van der Waals surface area contributed by atoms with Gasteiger partial charge in [0.05, 0.1) is 6.42 Å². The predicted octanol–water partition coefficient (Wildman–Crippen LogP) is 0.563. The number of hydrogen-bond acceptors (Lipinski definition) is 2. The van der Waals surface area contributed by atoms with E-state index in [0.717, 1.165) is 18.7 Å². The molecule has 3 nitrogen and oxygen atoms in total. The number of piperidine rings is 1. The van der Waals surface area contributed by atoms with E-state index in [1.807, 2.05) is 30.3 Å². The number of amides is 1. The Morgan fingerprint density at radius 1 is 1.25 bits per heavy atom. The molecule has 2 unspecified atom stereocenters. The number of fused-ring (bicyclic) bond motifs is 1. The zero-order valence-electron chi connectivity index (χ0n) is 9.15. The SMILES string of the molecule is O=C(Cc1ccccc1)NC1C2CNCC21. The molecule has 16 heavy (non-hydrogen) atoms. The third-order valence-corrected chi connectivity index (χ3v) is 3.63. The highest BCUT2D eigenvalue weighted by Gasteiger charge is 2.53. The van der Waals surface area contributed by atoms with Gasteiger partial charge in [0.2, 0.25) is 5.91 Å². The van der Waals surface area contributed by atoms with Gasteiger partial charge < -0.3 is 10.6 Å². The highest BCUT2D eigenvalue weighted by atomic mass is 16.1. The van der Waals surface area contributed by atoms with Crippen molar-refractivity contribution in [1.82, 2.24) is 10.6 Å². The summed E-state index contributed by atoms with van der Waals surface area (Å²) in [5.41, 5.74) is 1.09.